The van der Waals surface area contributed by atoms with Crippen LogP contribution in [0.3, 0.4) is 0 Å². The number of nitrogens with zero attached hydrogens (tertiary/aromatic N) is 1. The van der Waals surface area contributed by atoms with Crippen LogP contribution in [0.15, 0.2) is 121 Å². The van der Waals surface area contributed by atoms with Crippen molar-refractivity contribution in [2.75, 3.05) is 0 Å². The molecule has 0 saturated heterocycles. The number of halogens is 1. The lowest BCUT2D eigenvalue weighted by atomic mass is 9.84. The minimum Gasteiger partial charge on any atom is -0.258 e. The molecule has 0 spiro atoms. The molecule has 5 aromatic rings. The van der Waals surface area contributed by atoms with Crippen LogP contribution in [0, 0.1) is 10.1 Å². The second-order valence-electron chi connectivity index (χ2n) is 7.96. The first kappa shape index (κ1) is 21.6. The standard InChI is InChI=1S/C30H20ClNO2/c31-25-17-15-23(16-18-25)28-20-24(21-9-3-1-4-10-21)19-27(22-11-5-2-6-12-22)30(28)26-13-7-8-14-29(26)32(33)34/h1-20H. The zero-order chi connectivity index (χ0) is 23.5. The monoisotopic (exact) mass is 461 g/mol. The fourth-order valence-corrected chi connectivity index (χ4v) is 4.40. The third-order valence-corrected chi connectivity index (χ3v) is 6.11. The van der Waals surface area contributed by atoms with Crippen LogP contribution in [-0.2, 0) is 0 Å². The van der Waals surface area contributed by atoms with E-state index < -0.39 is 0 Å². The van der Waals surface area contributed by atoms with E-state index in [1.54, 1.807) is 12.1 Å². The molecule has 0 bridgehead atoms. The molecule has 0 radical (unpaired) electrons. The SMILES string of the molecule is O=[N+]([O-])c1ccccc1-c1c(-c2ccccc2)cc(-c2ccccc2)cc1-c1ccc(Cl)cc1. The van der Waals surface area contributed by atoms with Crippen LogP contribution in [0.25, 0.3) is 44.5 Å². The van der Waals surface area contributed by atoms with Crippen molar-refractivity contribution in [1.82, 2.24) is 0 Å². The number of nitro benzene ring substituents is 1. The summed E-state index contributed by atoms with van der Waals surface area (Å²) in [6, 6.07) is 38.9. The summed E-state index contributed by atoms with van der Waals surface area (Å²) in [4.78, 5) is 11.7. The van der Waals surface area contributed by atoms with Crippen molar-refractivity contribution >= 4 is 17.3 Å². The van der Waals surface area contributed by atoms with Crippen LogP contribution in [0.4, 0.5) is 5.69 Å². The molecule has 0 unspecified atom stereocenters. The van der Waals surface area contributed by atoms with E-state index in [4.69, 9.17) is 11.6 Å². The molecule has 0 aromatic heterocycles. The molecule has 0 aliphatic carbocycles. The molecular weight excluding hydrogens is 442 g/mol. The minimum absolute atomic E-state index is 0.0716. The highest BCUT2D eigenvalue weighted by molar-refractivity contribution is 6.30. The Morgan fingerprint density at radius 1 is 0.529 bits per heavy atom. The maximum atomic E-state index is 12.0. The van der Waals surface area contributed by atoms with E-state index in [9.17, 15) is 10.1 Å². The zero-order valence-electron chi connectivity index (χ0n) is 18.2. The molecule has 0 N–H and O–H groups in total. The van der Waals surface area contributed by atoms with Crippen molar-refractivity contribution in [1.29, 1.82) is 0 Å². The van der Waals surface area contributed by atoms with Gasteiger partial charge in [0.2, 0.25) is 0 Å². The van der Waals surface area contributed by atoms with Gasteiger partial charge in [-0.2, -0.15) is 0 Å². The predicted octanol–water partition coefficient (Wildman–Crippen LogP) is 8.92. The van der Waals surface area contributed by atoms with Gasteiger partial charge in [0.25, 0.3) is 5.69 Å². The van der Waals surface area contributed by atoms with E-state index in [2.05, 4.69) is 24.3 Å². The Kier molecular flexibility index (Phi) is 5.94. The Morgan fingerprint density at radius 3 is 1.62 bits per heavy atom. The third kappa shape index (κ3) is 4.21. The Bertz CT molecular complexity index is 1460. The van der Waals surface area contributed by atoms with E-state index in [0.29, 0.717) is 10.6 Å². The molecule has 0 aliphatic rings. The topological polar surface area (TPSA) is 43.1 Å². The molecule has 0 amide bonds. The van der Waals surface area contributed by atoms with Gasteiger partial charge in [-0.1, -0.05) is 96.5 Å². The fraction of sp³-hybridized carbons (Fsp3) is 0. The van der Waals surface area contributed by atoms with Gasteiger partial charge in [0, 0.05) is 16.7 Å². The molecule has 5 rings (SSSR count). The molecule has 0 atom stereocenters. The first-order valence-corrected chi connectivity index (χ1v) is 11.3. The van der Waals surface area contributed by atoms with Gasteiger partial charge < -0.3 is 0 Å². The number of benzene rings is 5. The molecule has 0 heterocycles. The summed E-state index contributed by atoms with van der Waals surface area (Å²) in [7, 11) is 0. The molecule has 164 valence electrons. The van der Waals surface area contributed by atoms with Crippen LogP contribution in [0.2, 0.25) is 5.02 Å². The molecule has 0 saturated carbocycles. The molecule has 4 heteroatoms. The number of rotatable bonds is 5. The van der Waals surface area contributed by atoms with Crippen LogP contribution in [0.5, 0.6) is 0 Å². The lowest BCUT2D eigenvalue weighted by Crippen LogP contribution is -1.97. The van der Waals surface area contributed by atoms with Gasteiger partial charge in [0.1, 0.15) is 0 Å². The molecule has 34 heavy (non-hydrogen) atoms. The molecule has 3 nitrogen and oxygen atoms in total. The maximum absolute atomic E-state index is 12.0. The highest BCUT2D eigenvalue weighted by Gasteiger charge is 2.23. The van der Waals surface area contributed by atoms with E-state index in [0.717, 1.165) is 38.9 Å². The highest BCUT2D eigenvalue weighted by atomic mass is 35.5. The summed E-state index contributed by atoms with van der Waals surface area (Å²) in [5.41, 5.74) is 7.35. The van der Waals surface area contributed by atoms with E-state index in [-0.39, 0.29) is 10.6 Å². The summed E-state index contributed by atoms with van der Waals surface area (Å²) in [6.45, 7) is 0. The van der Waals surface area contributed by atoms with Crippen LogP contribution < -0.4 is 0 Å². The Hall–Kier alpha value is -4.21. The quantitative estimate of drug-likeness (QED) is 0.193. The van der Waals surface area contributed by atoms with Gasteiger partial charge in [0.05, 0.1) is 10.5 Å². The normalized spacial score (nSPS) is 10.7. The average molecular weight is 462 g/mol. The summed E-state index contributed by atoms with van der Waals surface area (Å²) in [5.74, 6) is 0. The van der Waals surface area contributed by atoms with Crippen molar-refractivity contribution in [3.05, 3.63) is 136 Å². The Morgan fingerprint density at radius 2 is 1.03 bits per heavy atom. The second-order valence-corrected chi connectivity index (χ2v) is 8.40. The van der Waals surface area contributed by atoms with Gasteiger partial charge in [-0.05, 0) is 63.7 Å². The number of hydrogen-bond donors (Lipinski definition) is 0. The molecule has 0 aliphatic heterocycles. The van der Waals surface area contributed by atoms with Crippen LogP contribution in [-0.4, -0.2) is 4.92 Å². The lowest BCUT2D eigenvalue weighted by Gasteiger charge is -2.19. The van der Waals surface area contributed by atoms with Gasteiger partial charge in [-0.15, -0.1) is 0 Å². The highest BCUT2D eigenvalue weighted by Crippen LogP contribution is 2.45. The van der Waals surface area contributed by atoms with Crippen molar-refractivity contribution < 1.29 is 4.92 Å². The fourth-order valence-electron chi connectivity index (χ4n) is 4.28. The first-order chi connectivity index (χ1) is 16.6. The summed E-state index contributed by atoms with van der Waals surface area (Å²) < 4.78 is 0. The molecule has 5 aromatic carbocycles. The van der Waals surface area contributed by atoms with Crippen molar-refractivity contribution in [2.24, 2.45) is 0 Å². The third-order valence-electron chi connectivity index (χ3n) is 5.86. The summed E-state index contributed by atoms with van der Waals surface area (Å²) >= 11 is 6.19. The summed E-state index contributed by atoms with van der Waals surface area (Å²) in [5, 5.41) is 12.6. The predicted molar refractivity (Wildman–Crippen MR) is 140 cm³/mol. The van der Waals surface area contributed by atoms with Crippen molar-refractivity contribution in [2.45, 2.75) is 0 Å². The largest absolute Gasteiger partial charge is 0.277 e. The second kappa shape index (κ2) is 9.34. The van der Waals surface area contributed by atoms with Gasteiger partial charge in [-0.25, -0.2) is 0 Å². The van der Waals surface area contributed by atoms with E-state index in [1.165, 1.54) is 0 Å². The average Bonchev–Trinajstić information content (AvgIpc) is 2.89. The number of nitro groups is 1. The minimum atomic E-state index is -0.319. The van der Waals surface area contributed by atoms with Crippen molar-refractivity contribution in [3.63, 3.8) is 0 Å². The van der Waals surface area contributed by atoms with E-state index >= 15 is 0 Å². The smallest absolute Gasteiger partial charge is 0.258 e. The zero-order valence-corrected chi connectivity index (χ0v) is 18.9. The number of para-hydroxylation sites is 1. The first-order valence-electron chi connectivity index (χ1n) is 10.9. The number of hydrogen-bond acceptors (Lipinski definition) is 2. The summed E-state index contributed by atoms with van der Waals surface area (Å²) in [6.07, 6.45) is 0. The van der Waals surface area contributed by atoms with Gasteiger partial charge in [-0.3, -0.25) is 10.1 Å². The van der Waals surface area contributed by atoms with Crippen LogP contribution >= 0.6 is 11.6 Å². The van der Waals surface area contributed by atoms with Gasteiger partial charge >= 0.3 is 0 Å². The van der Waals surface area contributed by atoms with E-state index in [1.807, 2.05) is 84.9 Å². The van der Waals surface area contributed by atoms with Crippen LogP contribution in [0.1, 0.15) is 0 Å². The Labute approximate surface area is 203 Å². The van der Waals surface area contributed by atoms with Crippen molar-refractivity contribution in [3.8, 4) is 44.5 Å². The maximum Gasteiger partial charge on any atom is 0.277 e. The Balaban J connectivity index is 1.92. The lowest BCUT2D eigenvalue weighted by molar-refractivity contribution is -0.384. The van der Waals surface area contributed by atoms with Gasteiger partial charge in [0.15, 0.2) is 0 Å². The molecule has 0 fully saturated rings. The molecular formula is C30H20ClNO2.